The zero-order valence-corrected chi connectivity index (χ0v) is 17.6. The van der Waals surface area contributed by atoms with Crippen LogP contribution in [0.2, 0.25) is 10.0 Å². The van der Waals surface area contributed by atoms with E-state index < -0.39 is 10.9 Å². The van der Waals surface area contributed by atoms with Crippen molar-refractivity contribution in [2.24, 2.45) is 0 Å². The van der Waals surface area contributed by atoms with E-state index in [2.05, 4.69) is 4.98 Å². The van der Waals surface area contributed by atoms with Gasteiger partial charge in [-0.1, -0.05) is 35.3 Å². The highest BCUT2D eigenvalue weighted by atomic mass is 35.5. The van der Waals surface area contributed by atoms with Crippen LogP contribution in [-0.2, 0) is 4.79 Å². The Morgan fingerprint density at radius 3 is 2.61 bits per heavy atom. The quantitative estimate of drug-likeness (QED) is 0.144. The van der Waals surface area contributed by atoms with Gasteiger partial charge in [0, 0.05) is 17.7 Å². The Labute approximate surface area is 188 Å². The summed E-state index contributed by atoms with van der Waals surface area (Å²) in [7, 11) is 0. The number of benzene rings is 2. The molecule has 0 fully saturated rings. The number of oxazole rings is 1. The molecule has 1 N–H and O–H groups in total. The molecule has 0 saturated heterocycles. The van der Waals surface area contributed by atoms with Crippen LogP contribution in [0.25, 0.3) is 28.5 Å². The average Bonchev–Trinajstić information content (AvgIpc) is 3.35. The molecule has 8 nitrogen and oxygen atoms in total. The van der Waals surface area contributed by atoms with Crippen LogP contribution in [0.4, 0.5) is 5.69 Å². The van der Waals surface area contributed by atoms with E-state index in [0.29, 0.717) is 16.7 Å². The standard InChI is InChI=1S/C20H10Cl2N2O6S/c21-12-9-15(24(27)28)13(22)8-11(12)16-6-5-10(29-16)7-18(19(25)26)31-20-23-14-3-1-2-4-17(14)30-20/h1-9H,(H,25,26)/b18-7-. The minimum atomic E-state index is -1.19. The van der Waals surface area contributed by atoms with Crippen molar-refractivity contribution in [3.63, 3.8) is 0 Å². The number of thioether (sulfide) groups is 1. The average molecular weight is 477 g/mol. The highest BCUT2D eigenvalue weighted by molar-refractivity contribution is 8.03. The molecule has 4 aromatic rings. The highest BCUT2D eigenvalue weighted by Crippen LogP contribution is 2.38. The maximum Gasteiger partial charge on any atom is 0.342 e. The number of fused-ring (bicyclic) bond motifs is 1. The maximum atomic E-state index is 11.7. The van der Waals surface area contributed by atoms with Crippen molar-refractivity contribution in [2.45, 2.75) is 5.22 Å². The number of nitro groups is 1. The molecular weight excluding hydrogens is 467 g/mol. The van der Waals surface area contributed by atoms with Crippen molar-refractivity contribution < 1.29 is 23.7 Å². The molecule has 31 heavy (non-hydrogen) atoms. The summed E-state index contributed by atoms with van der Waals surface area (Å²) in [5.41, 5.74) is 1.16. The Kier molecular flexibility index (Phi) is 5.73. The molecule has 0 aliphatic rings. The zero-order valence-electron chi connectivity index (χ0n) is 15.2. The second-order valence-electron chi connectivity index (χ2n) is 6.11. The molecule has 0 amide bonds. The minimum absolute atomic E-state index is 0.0697. The first-order valence-corrected chi connectivity index (χ1v) is 10.1. The first-order chi connectivity index (χ1) is 14.8. The van der Waals surface area contributed by atoms with Crippen LogP contribution in [0.1, 0.15) is 5.76 Å². The highest BCUT2D eigenvalue weighted by Gasteiger charge is 2.20. The molecule has 2 aromatic carbocycles. The van der Waals surface area contributed by atoms with E-state index in [-0.39, 0.29) is 37.4 Å². The zero-order chi connectivity index (χ0) is 22.1. The molecule has 156 valence electrons. The van der Waals surface area contributed by atoms with Crippen LogP contribution >= 0.6 is 35.0 Å². The number of carbonyl (C=O) groups is 1. The van der Waals surface area contributed by atoms with Crippen molar-refractivity contribution in [3.05, 3.63) is 79.4 Å². The third-order valence-corrected chi connectivity index (χ3v) is 5.56. The van der Waals surface area contributed by atoms with E-state index in [1.54, 1.807) is 30.3 Å². The molecule has 0 atom stereocenters. The number of rotatable bonds is 6. The van der Waals surface area contributed by atoms with Crippen molar-refractivity contribution in [2.75, 3.05) is 0 Å². The van der Waals surface area contributed by atoms with E-state index in [1.165, 1.54) is 18.2 Å². The molecule has 0 saturated carbocycles. The molecule has 0 spiro atoms. The molecular formula is C20H10Cl2N2O6S. The van der Waals surface area contributed by atoms with E-state index in [9.17, 15) is 20.0 Å². The minimum Gasteiger partial charge on any atom is -0.477 e. The van der Waals surface area contributed by atoms with Gasteiger partial charge in [-0.05, 0) is 42.1 Å². The SMILES string of the molecule is O=C(O)/C(=C/c1ccc(-c2cc(Cl)c([N+](=O)[O-])cc2Cl)o1)Sc1nc2ccccc2o1. The number of nitro benzene ring substituents is 1. The predicted octanol–water partition coefficient (Wildman–Crippen LogP) is 6.52. The summed E-state index contributed by atoms with van der Waals surface area (Å²) in [5, 5.41) is 20.7. The van der Waals surface area contributed by atoms with Gasteiger partial charge in [0.25, 0.3) is 10.9 Å². The normalized spacial score (nSPS) is 11.7. The third-order valence-electron chi connectivity index (χ3n) is 4.08. The predicted molar refractivity (Wildman–Crippen MR) is 116 cm³/mol. The van der Waals surface area contributed by atoms with Gasteiger partial charge >= 0.3 is 5.97 Å². The van der Waals surface area contributed by atoms with Crippen molar-refractivity contribution in [3.8, 4) is 11.3 Å². The van der Waals surface area contributed by atoms with Gasteiger partial charge in [0.1, 0.15) is 27.0 Å². The lowest BCUT2D eigenvalue weighted by molar-refractivity contribution is -0.384. The lowest BCUT2D eigenvalue weighted by Crippen LogP contribution is -1.96. The van der Waals surface area contributed by atoms with Crippen LogP contribution in [-0.4, -0.2) is 21.0 Å². The summed E-state index contributed by atoms with van der Waals surface area (Å²) in [5.74, 6) is -0.701. The third kappa shape index (κ3) is 4.43. The number of hydrogen-bond donors (Lipinski definition) is 1. The largest absolute Gasteiger partial charge is 0.477 e. The van der Waals surface area contributed by atoms with Gasteiger partial charge < -0.3 is 13.9 Å². The van der Waals surface area contributed by atoms with Crippen LogP contribution in [0.3, 0.4) is 0 Å². The topological polar surface area (TPSA) is 120 Å². The molecule has 0 unspecified atom stereocenters. The first kappa shape index (κ1) is 21.0. The van der Waals surface area contributed by atoms with E-state index >= 15 is 0 Å². The van der Waals surface area contributed by atoms with Gasteiger partial charge in [-0.2, -0.15) is 0 Å². The number of hydrogen-bond acceptors (Lipinski definition) is 7. The lowest BCUT2D eigenvalue weighted by atomic mass is 10.1. The van der Waals surface area contributed by atoms with E-state index in [1.807, 2.05) is 0 Å². The Morgan fingerprint density at radius 1 is 1.13 bits per heavy atom. The molecule has 0 radical (unpaired) electrons. The van der Waals surface area contributed by atoms with Crippen molar-refractivity contribution in [1.29, 1.82) is 0 Å². The molecule has 0 aliphatic carbocycles. The number of aromatic nitrogens is 1. The Morgan fingerprint density at radius 2 is 1.90 bits per heavy atom. The van der Waals surface area contributed by atoms with Crippen LogP contribution in [0.15, 0.2) is 67.5 Å². The molecule has 2 heterocycles. The Bertz CT molecular complexity index is 1330. The van der Waals surface area contributed by atoms with Crippen LogP contribution < -0.4 is 0 Å². The number of halogens is 2. The molecule has 0 aliphatic heterocycles. The molecule has 0 bridgehead atoms. The maximum absolute atomic E-state index is 11.7. The number of furan rings is 1. The Hall–Kier alpha value is -3.27. The van der Waals surface area contributed by atoms with Gasteiger partial charge in [0.05, 0.1) is 9.95 Å². The van der Waals surface area contributed by atoms with Crippen molar-refractivity contribution in [1.82, 2.24) is 4.98 Å². The van der Waals surface area contributed by atoms with Gasteiger partial charge in [0.2, 0.25) is 0 Å². The summed E-state index contributed by atoms with van der Waals surface area (Å²) >= 11 is 12.9. The van der Waals surface area contributed by atoms with Crippen LogP contribution in [0, 0.1) is 10.1 Å². The summed E-state index contributed by atoms with van der Waals surface area (Å²) in [6.07, 6.45) is 1.31. The van der Waals surface area contributed by atoms with Gasteiger partial charge in [-0.15, -0.1) is 0 Å². The summed E-state index contributed by atoms with van der Waals surface area (Å²) in [6.45, 7) is 0. The van der Waals surface area contributed by atoms with E-state index in [4.69, 9.17) is 32.0 Å². The fraction of sp³-hybridized carbons (Fsp3) is 0. The van der Waals surface area contributed by atoms with E-state index in [0.717, 1.165) is 17.8 Å². The number of carboxylic acids is 1. The monoisotopic (exact) mass is 476 g/mol. The number of nitrogens with zero attached hydrogens (tertiary/aromatic N) is 2. The van der Waals surface area contributed by atoms with Gasteiger partial charge in [-0.25, -0.2) is 9.78 Å². The summed E-state index contributed by atoms with van der Waals surface area (Å²) < 4.78 is 11.2. The molecule has 2 aromatic heterocycles. The fourth-order valence-electron chi connectivity index (χ4n) is 2.69. The lowest BCUT2D eigenvalue weighted by Gasteiger charge is -2.03. The van der Waals surface area contributed by atoms with Gasteiger partial charge in [-0.3, -0.25) is 10.1 Å². The smallest absolute Gasteiger partial charge is 0.342 e. The molecule has 11 heteroatoms. The Balaban J connectivity index is 1.64. The second kappa shape index (κ2) is 8.46. The second-order valence-corrected chi connectivity index (χ2v) is 7.91. The summed E-state index contributed by atoms with van der Waals surface area (Å²) in [6, 6.07) is 12.6. The van der Waals surface area contributed by atoms with Crippen molar-refractivity contribution >= 4 is 63.8 Å². The number of para-hydroxylation sites is 2. The van der Waals surface area contributed by atoms with Gasteiger partial charge in [0.15, 0.2) is 5.58 Å². The van der Waals surface area contributed by atoms with Crippen LogP contribution in [0.5, 0.6) is 0 Å². The molecule has 4 rings (SSSR count). The number of aliphatic carboxylic acids is 1. The first-order valence-electron chi connectivity index (χ1n) is 8.54. The fourth-order valence-corrected chi connectivity index (χ4v) is 3.90. The number of carboxylic acid groups (broad SMARTS) is 1. The summed E-state index contributed by atoms with van der Waals surface area (Å²) in [4.78, 5) is 26.2.